The van der Waals surface area contributed by atoms with Crippen LogP contribution in [0.3, 0.4) is 0 Å². The normalized spacial score (nSPS) is 18.9. The molecule has 7 nitrogen and oxygen atoms in total. The van der Waals surface area contributed by atoms with E-state index < -0.39 is 42.6 Å². The first-order chi connectivity index (χ1) is 6.82. The maximum atomic E-state index is 10.7. The van der Waals surface area contributed by atoms with Crippen LogP contribution in [0.1, 0.15) is 6.92 Å². The highest BCUT2D eigenvalue weighted by Crippen LogP contribution is 2.19. The minimum atomic E-state index is -1.82. The van der Waals surface area contributed by atoms with E-state index in [-0.39, 0.29) is 0 Å². The van der Waals surface area contributed by atoms with E-state index in [1.54, 1.807) is 0 Å². The number of carbonyl (C=O) groups is 2. The van der Waals surface area contributed by atoms with Gasteiger partial charge in [-0.2, -0.15) is 0 Å². The maximum absolute atomic E-state index is 10.7. The van der Waals surface area contributed by atoms with Gasteiger partial charge in [0.15, 0.2) is 0 Å². The zero-order valence-corrected chi connectivity index (χ0v) is 8.07. The second kappa shape index (κ2) is 5.64. The van der Waals surface area contributed by atoms with Gasteiger partial charge in [0.25, 0.3) is 0 Å². The highest BCUT2D eigenvalue weighted by molar-refractivity contribution is 5.80. The van der Waals surface area contributed by atoms with Crippen LogP contribution in [-0.2, 0) is 9.59 Å². The molecule has 0 radical (unpaired) electrons. The fraction of sp³-hybridized carbons (Fsp3) is 0.750. The molecular weight excluding hydrogens is 208 g/mol. The summed E-state index contributed by atoms with van der Waals surface area (Å²) in [6, 6.07) is 0. The van der Waals surface area contributed by atoms with Gasteiger partial charge in [0, 0.05) is 0 Å². The molecular formula is C8H14O7. The molecule has 0 aliphatic heterocycles. The number of hydrogen-bond donors (Lipinski definition) is 5. The monoisotopic (exact) mass is 222 g/mol. The summed E-state index contributed by atoms with van der Waals surface area (Å²) in [5, 5.41) is 44.1. The minimum Gasteiger partial charge on any atom is -0.481 e. The molecule has 0 aromatic rings. The van der Waals surface area contributed by atoms with Gasteiger partial charge in [-0.05, 0) is 0 Å². The highest BCUT2D eigenvalue weighted by Gasteiger charge is 2.39. The number of hydrogen-bond acceptors (Lipinski definition) is 5. The Hall–Kier alpha value is -1.18. The third kappa shape index (κ3) is 3.46. The molecule has 7 heteroatoms. The zero-order valence-electron chi connectivity index (χ0n) is 8.07. The number of aliphatic hydroxyl groups is 3. The molecule has 0 aromatic heterocycles. The summed E-state index contributed by atoms with van der Waals surface area (Å²) < 4.78 is 0. The Kier molecular flexibility index (Phi) is 5.20. The van der Waals surface area contributed by atoms with Gasteiger partial charge >= 0.3 is 11.9 Å². The lowest BCUT2D eigenvalue weighted by molar-refractivity contribution is -0.162. The van der Waals surface area contributed by atoms with Crippen LogP contribution in [0.15, 0.2) is 0 Å². The first-order valence-electron chi connectivity index (χ1n) is 4.25. The van der Waals surface area contributed by atoms with Gasteiger partial charge in [-0.15, -0.1) is 0 Å². The van der Waals surface area contributed by atoms with Gasteiger partial charge in [0.05, 0.1) is 24.5 Å². The summed E-state index contributed by atoms with van der Waals surface area (Å²) in [4.78, 5) is 21.2. The van der Waals surface area contributed by atoms with Crippen molar-refractivity contribution in [2.45, 2.75) is 19.1 Å². The van der Waals surface area contributed by atoms with E-state index in [9.17, 15) is 14.7 Å². The number of carboxylic acids is 2. The van der Waals surface area contributed by atoms with E-state index in [1.807, 2.05) is 0 Å². The van der Waals surface area contributed by atoms with Crippen molar-refractivity contribution in [3.63, 3.8) is 0 Å². The quantitative estimate of drug-likeness (QED) is 0.355. The third-order valence-corrected chi connectivity index (χ3v) is 2.16. The Balaban J connectivity index is 4.81. The van der Waals surface area contributed by atoms with Crippen molar-refractivity contribution in [3.05, 3.63) is 0 Å². The lowest BCUT2D eigenvalue weighted by Crippen LogP contribution is -2.44. The smallest absolute Gasteiger partial charge is 0.310 e. The van der Waals surface area contributed by atoms with E-state index in [0.29, 0.717) is 0 Å². The van der Waals surface area contributed by atoms with E-state index in [1.165, 1.54) is 0 Å². The van der Waals surface area contributed by atoms with Crippen LogP contribution in [0.2, 0.25) is 0 Å². The topological polar surface area (TPSA) is 135 Å². The largest absolute Gasteiger partial charge is 0.481 e. The Bertz CT molecular complexity index is 239. The second-order valence-corrected chi connectivity index (χ2v) is 3.23. The van der Waals surface area contributed by atoms with E-state index in [2.05, 4.69) is 0 Å². The number of carboxylic acid groups (broad SMARTS) is 2. The van der Waals surface area contributed by atoms with Crippen LogP contribution in [0, 0.1) is 11.8 Å². The van der Waals surface area contributed by atoms with Crippen LogP contribution in [0.4, 0.5) is 0 Å². The maximum Gasteiger partial charge on any atom is 0.310 e. The first kappa shape index (κ1) is 13.8. The number of aliphatic carboxylic acids is 2. The third-order valence-electron chi connectivity index (χ3n) is 2.16. The molecule has 4 atom stereocenters. The van der Waals surface area contributed by atoms with Gasteiger partial charge in [-0.1, -0.05) is 6.92 Å². The van der Waals surface area contributed by atoms with Gasteiger partial charge < -0.3 is 25.5 Å². The van der Waals surface area contributed by atoms with Crippen molar-refractivity contribution in [1.82, 2.24) is 0 Å². The van der Waals surface area contributed by atoms with E-state index in [0.717, 1.165) is 6.92 Å². The van der Waals surface area contributed by atoms with Crippen molar-refractivity contribution in [2.75, 3.05) is 6.61 Å². The van der Waals surface area contributed by atoms with Gasteiger partial charge in [0.1, 0.15) is 6.10 Å². The second-order valence-electron chi connectivity index (χ2n) is 3.23. The number of rotatable bonds is 6. The Labute approximate surface area is 85.6 Å². The first-order valence-corrected chi connectivity index (χ1v) is 4.25. The Morgan fingerprint density at radius 3 is 1.87 bits per heavy atom. The average molecular weight is 222 g/mol. The molecule has 0 fully saturated rings. The van der Waals surface area contributed by atoms with E-state index >= 15 is 0 Å². The zero-order chi connectivity index (χ0) is 12.2. The molecule has 0 amide bonds. The molecule has 0 spiro atoms. The molecule has 0 aliphatic rings. The molecule has 0 aromatic carbocycles. The van der Waals surface area contributed by atoms with Crippen molar-refractivity contribution >= 4 is 11.9 Å². The molecule has 0 aliphatic carbocycles. The highest BCUT2D eigenvalue weighted by atomic mass is 16.4. The van der Waals surface area contributed by atoms with Crippen molar-refractivity contribution in [3.8, 4) is 0 Å². The molecule has 0 heterocycles. The van der Waals surface area contributed by atoms with Crippen molar-refractivity contribution in [1.29, 1.82) is 0 Å². The van der Waals surface area contributed by atoms with Gasteiger partial charge in [-0.3, -0.25) is 9.59 Å². The number of aliphatic hydroxyl groups excluding tert-OH is 3. The molecule has 5 N–H and O–H groups in total. The minimum absolute atomic E-state index is 0.836. The van der Waals surface area contributed by atoms with E-state index in [4.69, 9.17) is 20.4 Å². The van der Waals surface area contributed by atoms with Gasteiger partial charge in [0.2, 0.25) is 0 Å². The lowest BCUT2D eigenvalue weighted by atomic mass is 9.86. The summed E-state index contributed by atoms with van der Waals surface area (Å²) in [7, 11) is 0. The summed E-state index contributed by atoms with van der Waals surface area (Å²) in [6.45, 7) is 0.270. The Morgan fingerprint density at radius 2 is 1.60 bits per heavy atom. The molecule has 0 saturated carbocycles. The SMILES string of the molecule is CC(C(=O)O)C(C(=O)O)C(O)C(O)CO. The summed E-state index contributed by atoms with van der Waals surface area (Å²) in [6.07, 6.45) is -3.49. The molecule has 15 heavy (non-hydrogen) atoms. The predicted octanol–water partition coefficient (Wildman–Crippen LogP) is -1.88. The van der Waals surface area contributed by atoms with Crippen LogP contribution >= 0.6 is 0 Å². The summed E-state index contributed by atoms with van der Waals surface area (Å²) in [5.74, 6) is -5.96. The summed E-state index contributed by atoms with van der Waals surface area (Å²) in [5.41, 5.74) is 0. The molecule has 0 rings (SSSR count). The van der Waals surface area contributed by atoms with Crippen LogP contribution in [-0.4, -0.2) is 56.3 Å². The average Bonchev–Trinajstić information content (AvgIpc) is 2.15. The van der Waals surface area contributed by atoms with Crippen LogP contribution < -0.4 is 0 Å². The summed E-state index contributed by atoms with van der Waals surface area (Å²) >= 11 is 0. The van der Waals surface area contributed by atoms with Crippen molar-refractivity contribution in [2.24, 2.45) is 11.8 Å². The molecule has 88 valence electrons. The fourth-order valence-corrected chi connectivity index (χ4v) is 1.16. The fourth-order valence-electron chi connectivity index (χ4n) is 1.16. The van der Waals surface area contributed by atoms with Crippen LogP contribution in [0.25, 0.3) is 0 Å². The van der Waals surface area contributed by atoms with Gasteiger partial charge in [-0.25, -0.2) is 0 Å². The standard InChI is InChI=1S/C8H14O7/c1-3(7(12)13)5(8(14)15)6(11)4(10)2-9/h3-6,9-11H,2H2,1H3,(H,12,13)(H,14,15). The van der Waals surface area contributed by atoms with Crippen LogP contribution in [0.5, 0.6) is 0 Å². The lowest BCUT2D eigenvalue weighted by Gasteiger charge is -2.25. The molecule has 0 bridgehead atoms. The Morgan fingerprint density at radius 1 is 1.13 bits per heavy atom. The molecule has 4 unspecified atom stereocenters. The molecule has 0 saturated heterocycles. The van der Waals surface area contributed by atoms with Crippen molar-refractivity contribution < 1.29 is 35.1 Å². The predicted molar refractivity (Wildman–Crippen MR) is 47.0 cm³/mol.